The summed E-state index contributed by atoms with van der Waals surface area (Å²) >= 11 is 0. The molecule has 2 aromatic rings. The Morgan fingerprint density at radius 2 is 2.08 bits per heavy atom. The minimum atomic E-state index is -1.29. The van der Waals surface area contributed by atoms with Crippen LogP contribution in [0, 0.1) is 0 Å². The summed E-state index contributed by atoms with van der Waals surface area (Å²) in [5.74, 6) is -1.41. The number of fused-ring (bicyclic) bond motifs is 1. The van der Waals surface area contributed by atoms with Gasteiger partial charge in [0.25, 0.3) is 0 Å². The molecule has 1 heterocycles. The summed E-state index contributed by atoms with van der Waals surface area (Å²) < 4.78 is 0. The molecular formula is C8H5AgN2O2. The van der Waals surface area contributed by atoms with Gasteiger partial charge in [-0.25, -0.2) is 4.98 Å². The van der Waals surface area contributed by atoms with E-state index in [1.807, 2.05) is 0 Å². The zero-order valence-corrected chi connectivity index (χ0v) is 7.86. The van der Waals surface area contributed by atoms with Crippen LogP contribution in [0.2, 0.25) is 0 Å². The van der Waals surface area contributed by atoms with Gasteiger partial charge in [-0.05, 0) is 12.1 Å². The Bertz CT molecular complexity index is 405. The smallest absolute Gasteiger partial charge is 0.542 e. The molecule has 0 aliphatic rings. The Morgan fingerprint density at radius 1 is 1.38 bits per heavy atom. The minimum absolute atomic E-state index is 0. The standard InChI is InChI=1S/C8H6N2O2.Ag/c11-8(12)7-9-5-3-1-2-4-6(5)10-7;/h1-4H,(H,9,10)(H,11,12);/q;+1/p-1. The number of aromatic nitrogens is 2. The molecule has 0 atom stereocenters. The molecule has 1 aromatic carbocycles. The summed E-state index contributed by atoms with van der Waals surface area (Å²) in [5.41, 5.74) is 1.34. The Hall–Kier alpha value is -1.10. The van der Waals surface area contributed by atoms with E-state index >= 15 is 0 Å². The topological polar surface area (TPSA) is 68.8 Å². The molecule has 70 valence electrons. The maximum atomic E-state index is 10.4. The van der Waals surface area contributed by atoms with Gasteiger partial charge in [0.2, 0.25) is 0 Å². The van der Waals surface area contributed by atoms with Crippen molar-refractivity contribution >= 4 is 17.0 Å². The second kappa shape index (κ2) is 3.74. The van der Waals surface area contributed by atoms with E-state index in [2.05, 4.69) is 9.97 Å². The molecule has 0 amide bonds. The van der Waals surface area contributed by atoms with Crippen LogP contribution in [0.5, 0.6) is 0 Å². The number of rotatable bonds is 1. The number of hydrogen-bond donors (Lipinski definition) is 1. The first-order chi connectivity index (χ1) is 5.77. The number of carbonyl (C=O) groups is 1. The number of carbonyl (C=O) groups excluding carboxylic acids is 1. The number of imidazole rings is 1. The van der Waals surface area contributed by atoms with Crippen molar-refractivity contribution in [3.63, 3.8) is 0 Å². The molecule has 0 bridgehead atoms. The van der Waals surface area contributed by atoms with E-state index in [9.17, 15) is 9.90 Å². The summed E-state index contributed by atoms with van der Waals surface area (Å²) in [4.78, 5) is 16.8. The van der Waals surface area contributed by atoms with Crippen molar-refractivity contribution in [1.29, 1.82) is 0 Å². The normalized spacial score (nSPS) is 9.54. The van der Waals surface area contributed by atoms with Crippen LogP contribution < -0.4 is 5.11 Å². The molecule has 2 rings (SSSR count). The van der Waals surface area contributed by atoms with Gasteiger partial charge in [0.15, 0.2) is 5.82 Å². The van der Waals surface area contributed by atoms with E-state index in [-0.39, 0.29) is 28.2 Å². The third-order valence-corrected chi connectivity index (χ3v) is 1.58. The molecule has 4 nitrogen and oxygen atoms in total. The van der Waals surface area contributed by atoms with Gasteiger partial charge >= 0.3 is 22.4 Å². The van der Waals surface area contributed by atoms with Crippen LogP contribution in [0.4, 0.5) is 0 Å². The van der Waals surface area contributed by atoms with Crippen LogP contribution in [0.25, 0.3) is 11.0 Å². The Kier molecular flexibility index (Phi) is 2.87. The van der Waals surface area contributed by atoms with E-state index in [1.165, 1.54) is 0 Å². The van der Waals surface area contributed by atoms with Crippen LogP contribution >= 0.6 is 0 Å². The number of aromatic amines is 1. The average Bonchev–Trinajstić information content (AvgIpc) is 2.46. The Morgan fingerprint density at radius 3 is 2.69 bits per heavy atom. The third kappa shape index (κ3) is 1.80. The van der Waals surface area contributed by atoms with Crippen molar-refractivity contribution in [2.45, 2.75) is 0 Å². The monoisotopic (exact) mass is 268 g/mol. The molecule has 0 saturated carbocycles. The van der Waals surface area contributed by atoms with Gasteiger partial charge in [-0.2, -0.15) is 0 Å². The maximum Gasteiger partial charge on any atom is 1.00 e. The largest absolute Gasteiger partial charge is 1.00 e. The van der Waals surface area contributed by atoms with E-state index < -0.39 is 5.97 Å². The van der Waals surface area contributed by atoms with Gasteiger partial charge in [-0.3, -0.25) is 0 Å². The molecule has 5 heteroatoms. The van der Waals surface area contributed by atoms with Crippen molar-refractivity contribution in [3.05, 3.63) is 30.1 Å². The number of hydrogen-bond acceptors (Lipinski definition) is 3. The fraction of sp³-hybridized carbons (Fsp3) is 0. The molecule has 1 aromatic heterocycles. The van der Waals surface area contributed by atoms with E-state index in [0.29, 0.717) is 11.0 Å². The van der Waals surface area contributed by atoms with Crippen LogP contribution in [-0.2, 0) is 22.4 Å². The average molecular weight is 269 g/mol. The van der Waals surface area contributed by atoms with E-state index in [4.69, 9.17) is 0 Å². The van der Waals surface area contributed by atoms with Crippen molar-refractivity contribution in [2.24, 2.45) is 0 Å². The minimum Gasteiger partial charge on any atom is -0.542 e. The predicted molar refractivity (Wildman–Crippen MR) is 40.4 cm³/mol. The molecule has 0 unspecified atom stereocenters. The van der Waals surface area contributed by atoms with E-state index in [0.717, 1.165) is 0 Å². The fourth-order valence-corrected chi connectivity index (χ4v) is 1.05. The summed E-state index contributed by atoms with van der Waals surface area (Å²) in [5, 5.41) is 10.4. The Labute approximate surface area is 89.5 Å². The second-order valence-corrected chi connectivity index (χ2v) is 2.39. The SMILES string of the molecule is O=C([O-])c1nc2ccccc2[nH]1.[Ag+]. The van der Waals surface area contributed by atoms with Crippen LogP contribution in [0.1, 0.15) is 10.6 Å². The first-order valence-corrected chi connectivity index (χ1v) is 3.43. The van der Waals surface area contributed by atoms with Crippen LogP contribution in [0.3, 0.4) is 0 Å². The molecule has 1 N–H and O–H groups in total. The van der Waals surface area contributed by atoms with Gasteiger partial charge in [-0.1, -0.05) is 12.1 Å². The first kappa shape index (κ1) is 9.98. The number of benzene rings is 1. The zero-order valence-electron chi connectivity index (χ0n) is 6.37. The van der Waals surface area contributed by atoms with Crippen LogP contribution in [-0.4, -0.2) is 15.9 Å². The molecule has 0 spiro atoms. The van der Waals surface area contributed by atoms with Crippen LogP contribution in [0.15, 0.2) is 24.3 Å². The number of para-hydroxylation sites is 2. The molecule has 0 saturated heterocycles. The van der Waals surface area contributed by atoms with Crippen molar-refractivity contribution < 1.29 is 32.3 Å². The van der Waals surface area contributed by atoms with Gasteiger partial charge in [-0.15, -0.1) is 0 Å². The number of carboxylic acid groups (broad SMARTS) is 1. The van der Waals surface area contributed by atoms with Crippen molar-refractivity contribution in [1.82, 2.24) is 9.97 Å². The number of nitrogens with zero attached hydrogens (tertiary/aromatic N) is 1. The summed E-state index contributed by atoms with van der Waals surface area (Å²) in [6.07, 6.45) is 0. The molecule has 0 fully saturated rings. The quantitative estimate of drug-likeness (QED) is 0.736. The van der Waals surface area contributed by atoms with Gasteiger partial charge < -0.3 is 14.9 Å². The Balaban J connectivity index is 0.000000845. The van der Waals surface area contributed by atoms with Gasteiger partial charge in [0, 0.05) is 0 Å². The summed E-state index contributed by atoms with van der Waals surface area (Å²) in [6, 6.07) is 7.09. The summed E-state index contributed by atoms with van der Waals surface area (Å²) in [7, 11) is 0. The number of carboxylic acids is 1. The molecule has 0 aliphatic heterocycles. The second-order valence-electron chi connectivity index (χ2n) is 2.39. The predicted octanol–water partition coefficient (Wildman–Crippen LogP) is -0.0761. The van der Waals surface area contributed by atoms with Crippen molar-refractivity contribution in [2.75, 3.05) is 0 Å². The zero-order chi connectivity index (χ0) is 8.55. The van der Waals surface area contributed by atoms with Gasteiger partial charge in [0.1, 0.15) is 5.97 Å². The third-order valence-electron chi connectivity index (χ3n) is 1.58. The number of nitrogens with one attached hydrogen (secondary N) is 1. The molecule has 0 aliphatic carbocycles. The number of H-pyrrole nitrogens is 1. The van der Waals surface area contributed by atoms with E-state index in [1.54, 1.807) is 24.3 Å². The maximum absolute atomic E-state index is 10.4. The molecular weight excluding hydrogens is 264 g/mol. The van der Waals surface area contributed by atoms with Crippen molar-refractivity contribution in [3.8, 4) is 0 Å². The summed E-state index contributed by atoms with van der Waals surface area (Å²) in [6.45, 7) is 0. The first-order valence-electron chi connectivity index (χ1n) is 3.43. The van der Waals surface area contributed by atoms with Gasteiger partial charge in [0.05, 0.1) is 11.0 Å². The number of aromatic carboxylic acids is 1. The fourth-order valence-electron chi connectivity index (χ4n) is 1.05. The molecule has 13 heavy (non-hydrogen) atoms. The molecule has 0 radical (unpaired) electrons.